The third-order valence-corrected chi connectivity index (χ3v) is 8.56. The molecular formula is C29H27NS. The monoisotopic (exact) mass is 421 g/mol. The summed E-state index contributed by atoms with van der Waals surface area (Å²) in [5.41, 5.74) is 5.81. The fourth-order valence-corrected chi connectivity index (χ4v) is 6.54. The van der Waals surface area contributed by atoms with E-state index >= 15 is 0 Å². The summed E-state index contributed by atoms with van der Waals surface area (Å²) in [4.78, 5) is 4.84. The molecule has 31 heavy (non-hydrogen) atoms. The lowest BCUT2D eigenvalue weighted by molar-refractivity contribution is 0.332. The number of hydrogen-bond donors (Lipinski definition) is 0. The Balaban J connectivity index is 1.63. The molecule has 154 valence electrons. The highest BCUT2D eigenvalue weighted by atomic mass is 32.1. The van der Waals surface area contributed by atoms with Gasteiger partial charge in [0.2, 0.25) is 0 Å². The highest BCUT2D eigenvalue weighted by Crippen LogP contribution is 2.49. The SMILES string of the molecule is CC1(C)CCC(C)(C)c2cc3c(cc21)sc1c(-c2ccc4ccccc4c2)nccc13. The average Bonchev–Trinajstić information content (AvgIpc) is 3.14. The van der Waals surface area contributed by atoms with Gasteiger partial charge in [0.1, 0.15) is 0 Å². The molecular weight excluding hydrogens is 394 g/mol. The summed E-state index contributed by atoms with van der Waals surface area (Å²) in [5, 5.41) is 5.25. The lowest BCUT2D eigenvalue weighted by Crippen LogP contribution is -2.33. The molecule has 0 fully saturated rings. The molecule has 0 amide bonds. The quantitative estimate of drug-likeness (QED) is 0.264. The normalized spacial score (nSPS) is 17.3. The summed E-state index contributed by atoms with van der Waals surface area (Å²) in [6.07, 6.45) is 4.46. The lowest BCUT2D eigenvalue weighted by atomic mass is 9.63. The van der Waals surface area contributed by atoms with Gasteiger partial charge in [-0.05, 0) is 69.8 Å². The van der Waals surface area contributed by atoms with E-state index in [-0.39, 0.29) is 10.8 Å². The van der Waals surface area contributed by atoms with Crippen molar-refractivity contribution in [1.29, 1.82) is 0 Å². The van der Waals surface area contributed by atoms with Crippen LogP contribution in [0.5, 0.6) is 0 Å². The Morgan fingerprint density at radius 3 is 2.23 bits per heavy atom. The van der Waals surface area contributed by atoms with Crippen LogP contribution in [0.15, 0.2) is 66.9 Å². The number of pyridine rings is 1. The van der Waals surface area contributed by atoms with Gasteiger partial charge in [-0.2, -0.15) is 0 Å². The Morgan fingerprint density at radius 1 is 0.742 bits per heavy atom. The van der Waals surface area contributed by atoms with Crippen LogP contribution in [0.25, 0.3) is 42.2 Å². The molecule has 0 atom stereocenters. The van der Waals surface area contributed by atoms with Crippen molar-refractivity contribution in [1.82, 2.24) is 4.98 Å². The topological polar surface area (TPSA) is 12.9 Å². The van der Waals surface area contributed by atoms with Crippen molar-refractivity contribution >= 4 is 42.3 Å². The second-order valence-corrected chi connectivity index (χ2v) is 11.4. The molecule has 0 bridgehead atoms. The first-order valence-electron chi connectivity index (χ1n) is 11.2. The Kier molecular flexibility index (Phi) is 3.92. The van der Waals surface area contributed by atoms with Crippen LogP contribution in [-0.4, -0.2) is 4.98 Å². The first kappa shape index (κ1) is 19.0. The zero-order valence-electron chi connectivity index (χ0n) is 18.6. The number of benzene rings is 3. The highest BCUT2D eigenvalue weighted by molar-refractivity contribution is 7.26. The van der Waals surface area contributed by atoms with E-state index in [1.54, 1.807) is 0 Å². The third kappa shape index (κ3) is 2.85. The van der Waals surface area contributed by atoms with E-state index in [0.717, 1.165) is 5.69 Å². The van der Waals surface area contributed by atoms with E-state index < -0.39 is 0 Å². The van der Waals surface area contributed by atoms with Crippen molar-refractivity contribution < 1.29 is 0 Å². The van der Waals surface area contributed by atoms with Crippen LogP contribution in [-0.2, 0) is 10.8 Å². The summed E-state index contributed by atoms with van der Waals surface area (Å²) in [6, 6.07) is 22.4. The molecule has 0 saturated heterocycles. The molecule has 1 nitrogen and oxygen atoms in total. The van der Waals surface area contributed by atoms with Crippen LogP contribution in [0.3, 0.4) is 0 Å². The molecule has 0 N–H and O–H groups in total. The largest absolute Gasteiger partial charge is 0.255 e. The molecule has 0 aliphatic heterocycles. The maximum atomic E-state index is 4.84. The standard InChI is InChI=1S/C29H27NS/c1-28(2)12-13-29(3,4)24-17-25-22(16-23(24)28)21-11-14-30-26(27(21)31-25)20-10-9-18-7-5-6-8-19(18)15-20/h5-11,14-17H,12-13H2,1-4H3. The fraction of sp³-hybridized carbons (Fsp3) is 0.276. The van der Waals surface area contributed by atoms with Crippen LogP contribution in [0.1, 0.15) is 51.7 Å². The number of thiophene rings is 1. The number of rotatable bonds is 1. The molecule has 5 aromatic rings. The predicted molar refractivity (Wildman–Crippen MR) is 135 cm³/mol. The van der Waals surface area contributed by atoms with Gasteiger partial charge in [-0.1, -0.05) is 64.1 Å². The zero-order valence-corrected chi connectivity index (χ0v) is 19.4. The van der Waals surface area contributed by atoms with E-state index in [2.05, 4.69) is 88.4 Å². The molecule has 0 saturated carbocycles. The van der Waals surface area contributed by atoms with Gasteiger partial charge >= 0.3 is 0 Å². The summed E-state index contributed by atoms with van der Waals surface area (Å²) in [5.74, 6) is 0. The molecule has 2 heteroatoms. The molecule has 1 aliphatic rings. The Bertz CT molecular complexity index is 1490. The van der Waals surface area contributed by atoms with Crippen molar-refractivity contribution in [2.45, 2.75) is 51.4 Å². The van der Waals surface area contributed by atoms with Gasteiger partial charge in [0.05, 0.1) is 10.4 Å². The van der Waals surface area contributed by atoms with Crippen molar-refractivity contribution in [3.05, 3.63) is 78.0 Å². The van der Waals surface area contributed by atoms with Crippen LogP contribution in [0, 0.1) is 0 Å². The van der Waals surface area contributed by atoms with Crippen molar-refractivity contribution in [3.63, 3.8) is 0 Å². The predicted octanol–water partition coefficient (Wildman–Crippen LogP) is 8.62. The minimum Gasteiger partial charge on any atom is -0.255 e. The van der Waals surface area contributed by atoms with E-state index in [9.17, 15) is 0 Å². The van der Waals surface area contributed by atoms with Gasteiger partial charge in [0.15, 0.2) is 0 Å². The molecule has 1 aliphatic carbocycles. The molecule has 3 aromatic carbocycles. The summed E-state index contributed by atoms with van der Waals surface area (Å²) < 4.78 is 2.68. The Labute approximate surface area is 187 Å². The van der Waals surface area contributed by atoms with E-state index in [1.807, 2.05) is 17.5 Å². The van der Waals surface area contributed by atoms with Crippen molar-refractivity contribution in [2.75, 3.05) is 0 Å². The zero-order chi connectivity index (χ0) is 21.4. The Morgan fingerprint density at radius 2 is 1.45 bits per heavy atom. The van der Waals surface area contributed by atoms with Crippen molar-refractivity contribution in [2.24, 2.45) is 0 Å². The second-order valence-electron chi connectivity index (χ2n) is 10.4. The molecule has 2 aromatic heterocycles. The van der Waals surface area contributed by atoms with Gasteiger partial charge in [0.25, 0.3) is 0 Å². The van der Waals surface area contributed by atoms with Gasteiger partial charge in [-0.15, -0.1) is 11.3 Å². The second kappa shape index (κ2) is 6.40. The van der Waals surface area contributed by atoms with Crippen LogP contribution in [0.4, 0.5) is 0 Å². The third-order valence-electron chi connectivity index (χ3n) is 7.38. The number of hydrogen-bond acceptors (Lipinski definition) is 2. The van der Waals surface area contributed by atoms with E-state index in [0.29, 0.717) is 0 Å². The minimum absolute atomic E-state index is 0.224. The van der Waals surface area contributed by atoms with Crippen LogP contribution >= 0.6 is 11.3 Å². The van der Waals surface area contributed by atoms with Gasteiger partial charge < -0.3 is 0 Å². The summed E-state index contributed by atoms with van der Waals surface area (Å²) in [7, 11) is 0. The first-order valence-corrected chi connectivity index (χ1v) is 12.0. The van der Waals surface area contributed by atoms with Crippen LogP contribution < -0.4 is 0 Å². The van der Waals surface area contributed by atoms with Gasteiger partial charge in [0, 0.05) is 27.2 Å². The van der Waals surface area contributed by atoms with Crippen molar-refractivity contribution in [3.8, 4) is 11.3 Å². The summed E-state index contributed by atoms with van der Waals surface area (Å²) >= 11 is 1.90. The lowest BCUT2D eigenvalue weighted by Gasteiger charge is -2.41. The fourth-order valence-electron chi connectivity index (χ4n) is 5.30. The van der Waals surface area contributed by atoms with E-state index in [4.69, 9.17) is 4.98 Å². The molecule has 6 rings (SSSR count). The molecule has 0 radical (unpaired) electrons. The molecule has 0 unspecified atom stereocenters. The number of fused-ring (bicyclic) bond motifs is 5. The highest BCUT2D eigenvalue weighted by Gasteiger charge is 2.37. The number of aromatic nitrogens is 1. The smallest absolute Gasteiger partial charge is 0.0880 e. The van der Waals surface area contributed by atoms with Crippen LogP contribution in [0.2, 0.25) is 0 Å². The van der Waals surface area contributed by atoms with Gasteiger partial charge in [-0.3, -0.25) is 4.98 Å². The maximum Gasteiger partial charge on any atom is 0.0880 e. The van der Waals surface area contributed by atoms with E-state index in [1.165, 1.54) is 60.5 Å². The average molecular weight is 422 g/mol. The molecule has 2 heterocycles. The summed E-state index contributed by atoms with van der Waals surface area (Å²) in [6.45, 7) is 9.62. The minimum atomic E-state index is 0.224. The maximum absolute atomic E-state index is 4.84. The van der Waals surface area contributed by atoms with Gasteiger partial charge in [-0.25, -0.2) is 0 Å². The first-order chi connectivity index (χ1) is 14.8. The Hall–Kier alpha value is -2.71. The molecule has 0 spiro atoms. The number of nitrogens with zero attached hydrogens (tertiary/aromatic N) is 1.